The molecule has 0 bridgehead atoms. The summed E-state index contributed by atoms with van der Waals surface area (Å²) in [5.74, 6) is -1.55. The van der Waals surface area contributed by atoms with Crippen molar-refractivity contribution in [3.63, 3.8) is 0 Å². The van der Waals surface area contributed by atoms with Gasteiger partial charge in [-0.15, -0.1) is 0 Å². The SMILES string of the molecule is CC(C)C(NC(=O)[C@H](CC(=O)OCc1ccccc1)NC(=O)CNC(=O)C(CCC1CCN(C(=O)O)CC1)CCC1CCN(C(=O)OC(C)(C)C)CC1)C(C)C. The van der Waals surface area contributed by atoms with Crippen LogP contribution in [0.4, 0.5) is 9.59 Å². The van der Waals surface area contributed by atoms with Crippen LogP contribution in [-0.2, 0) is 35.3 Å². The number of ether oxygens (including phenoxy) is 2. The average molecular weight is 786 g/mol. The van der Waals surface area contributed by atoms with Crippen LogP contribution in [0.5, 0.6) is 0 Å². The zero-order chi connectivity index (χ0) is 41.4. The van der Waals surface area contributed by atoms with Crippen LogP contribution in [0.15, 0.2) is 30.3 Å². The number of likely N-dealkylation sites (tertiary alicyclic amines) is 2. The van der Waals surface area contributed by atoms with Gasteiger partial charge in [0, 0.05) is 38.1 Å². The highest BCUT2D eigenvalue weighted by Gasteiger charge is 2.31. The maximum atomic E-state index is 13.7. The number of nitrogens with zero attached hydrogens (tertiary/aromatic N) is 2. The highest BCUT2D eigenvalue weighted by Crippen LogP contribution is 2.29. The van der Waals surface area contributed by atoms with Gasteiger partial charge in [0.05, 0.1) is 13.0 Å². The summed E-state index contributed by atoms with van der Waals surface area (Å²) < 4.78 is 11.0. The molecule has 0 aliphatic carbocycles. The topological polar surface area (TPSA) is 184 Å². The lowest BCUT2D eigenvalue weighted by molar-refractivity contribution is -0.147. The number of esters is 1. The van der Waals surface area contributed by atoms with Crippen molar-refractivity contribution < 1.29 is 43.3 Å². The molecule has 0 spiro atoms. The van der Waals surface area contributed by atoms with Crippen LogP contribution in [0.2, 0.25) is 0 Å². The van der Waals surface area contributed by atoms with Gasteiger partial charge in [0.2, 0.25) is 17.7 Å². The fourth-order valence-corrected chi connectivity index (χ4v) is 7.52. The Balaban J connectivity index is 1.62. The van der Waals surface area contributed by atoms with E-state index in [9.17, 15) is 33.9 Å². The second kappa shape index (κ2) is 22.4. The molecule has 2 aliphatic heterocycles. The van der Waals surface area contributed by atoms with Crippen molar-refractivity contribution in [1.82, 2.24) is 25.8 Å². The molecule has 0 radical (unpaired) electrons. The molecule has 0 aromatic heterocycles. The summed E-state index contributed by atoms with van der Waals surface area (Å²) in [7, 11) is 0. The monoisotopic (exact) mass is 785 g/mol. The Bertz CT molecular complexity index is 1420. The maximum absolute atomic E-state index is 13.7. The fraction of sp³-hybridized carbons (Fsp3) is 0.714. The van der Waals surface area contributed by atoms with Crippen LogP contribution < -0.4 is 16.0 Å². The third kappa shape index (κ3) is 16.4. The molecule has 2 fully saturated rings. The molecule has 0 saturated carbocycles. The lowest BCUT2D eigenvalue weighted by Gasteiger charge is -2.34. The van der Waals surface area contributed by atoms with E-state index in [1.54, 1.807) is 4.90 Å². The van der Waals surface area contributed by atoms with Crippen molar-refractivity contribution in [3.8, 4) is 0 Å². The molecule has 2 saturated heterocycles. The van der Waals surface area contributed by atoms with Crippen molar-refractivity contribution >= 4 is 35.9 Å². The van der Waals surface area contributed by atoms with E-state index < -0.39 is 35.5 Å². The molecule has 14 nitrogen and oxygen atoms in total. The van der Waals surface area contributed by atoms with Crippen molar-refractivity contribution in [2.24, 2.45) is 29.6 Å². The smallest absolute Gasteiger partial charge is 0.410 e. The molecular weight excluding hydrogens is 718 g/mol. The Morgan fingerprint density at radius 1 is 0.786 bits per heavy atom. The van der Waals surface area contributed by atoms with Gasteiger partial charge in [0.1, 0.15) is 18.2 Å². The highest BCUT2D eigenvalue weighted by atomic mass is 16.6. The van der Waals surface area contributed by atoms with Crippen LogP contribution in [0, 0.1) is 29.6 Å². The summed E-state index contributed by atoms with van der Waals surface area (Å²) in [5.41, 5.74) is 0.224. The molecule has 1 aromatic rings. The standard InChI is InChI=1S/C42H67N5O9/c1-28(2)37(29(3)4)45-39(51)34(25-36(49)55-27-32-11-9-8-10-12-32)44-35(48)26-43-38(50)33(15-13-30-17-21-46(22-18-30)40(52)53)16-14-31-19-23-47(24-20-31)41(54)56-42(5,6)7/h8-12,28-31,33-34,37H,13-27H2,1-7H3,(H,43,50)(H,44,48)(H,45,51)(H,52,53)/t33?,34-/m0/s1. The zero-order valence-electron chi connectivity index (χ0n) is 34.6. The molecule has 2 heterocycles. The van der Waals surface area contributed by atoms with Crippen molar-refractivity contribution in [2.75, 3.05) is 32.7 Å². The summed E-state index contributed by atoms with van der Waals surface area (Å²) in [6.45, 7) is 15.3. The predicted octanol–water partition coefficient (Wildman–Crippen LogP) is 5.73. The summed E-state index contributed by atoms with van der Waals surface area (Å²) in [4.78, 5) is 80.6. The van der Waals surface area contributed by atoms with Crippen molar-refractivity contribution in [1.29, 1.82) is 0 Å². The number of carbonyl (C=O) groups excluding carboxylic acids is 5. The number of amides is 5. The zero-order valence-corrected chi connectivity index (χ0v) is 34.6. The van der Waals surface area contributed by atoms with E-state index in [4.69, 9.17) is 9.47 Å². The Morgan fingerprint density at radius 2 is 1.32 bits per heavy atom. The number of rotatable bonds is 18. The lowest BCUT2D eigenvalue weighted by atomic mass is 9.84. The minimum atomic E-state index is -1.21. The normalized spacial score (nSPS) is 16.7. The summed E-state index contributed by atoms with van der Waals surface area (Å²) >= 11 is 0. The van der Waals surface area contributed by atoms with Crippen LogP contribution >= 0.6 is 0 Å². The second-order valence-electron chi connectivity index (χ2n) is 17.2. The molecule has 4 N–H and O–H groups in total. The molecule has 56 heavy (non-hydrogen) atoms. The average Bonchev–Trinajstić information content (AvgIpc) is 3.14. The van der Waals surface area contributed by atoms with Crippen molar-refractivity contribution in [3.05, 3.63) is 35.9 Å². The van der Waals surface area contributed by atoms with Crippen LogP contribution in [0.3, 0.4) is 0 Å². The van der Waals surface area contributed by atoms with Gasteiger partial charge in [-0.3, -0.25) is 19.2 Å². The highest BCUT2D eigenvalue weighted by molar-refractivity contribution is 5.92. The molecule has 314 valence electrons. The quantitative estimate of drug-likeness (QED) is 0.135. The number of carboxylic acid groups (broad SMARTS) is 1. The third-order valence-corrected chi connectivity index (χ3v) is 10.8. The van der Waals surface area contributed by atoms with Gasteiger partial charge in [-0.2, -0.15) is 0 Å². The molecule has 5 amide bonds. The number of nitrogens with one attached hydrogen (secondary N) is 3. The summed E-state index contributed by atoms with van der Waals surface area (Å²) in [6.07, 6.45) is 4.19. The van der Waals surface area contributed by atoms with Gasteiger partial charge in [0.25, 0.3) is 0 Å². The van der Waals surface area contributed by atoms with Crippen LogP contribution in [0.1, 0.15) is 112 Å². The van der Waals surface area contributed by atoms with Crippen LogP contribution in [0.25, 0.3) is 0 Å². The fourth-order valence-electron chi connectivity index (χ4n) is 7.52. The number of hydrogen-bond donors (Lipinski definition) is 4. The van der Waals surface area contributed by atoms with Crippen molar-refractivity contribution in [2.45, 2.75) is 131 Å². The van der Waals surface area contributed by atoms with E-state index in [0.29, 0.717) is 50.9 Å². The van der Waals surface area contributed by atoms with E-state index in [0.717, 1.165) is 44.1 Å². The van der Waals surface area contributed by atoms with Gasteiger partial charge in [0.15, 0.2) is 0 Å². The third-order valence-electron chi connectivity index (χ3n) is 10.8. The minimum Gasteiger partial charge on any atom is -0.465 e. The van der Waals surface area contributed by atoms with Gasteiger partial charge >= 0.3 is 18.2 Å². The molecule has 14 heteroatoms. The summed E-state index contributed by atoms with van der Waals surface area (Å²) in [5, 5.41) is 17.8. The molecular formula is C42H67N5O9. The largest absolute Gasteiger partial charge is 0.465 e. The number of hydrogen-bond acceptors (Lipinski definition) is 8. The first-order valence-corrected chi connectivity index (χ1v) is 20.4. The Kier molecular flexibility index (Phi) is 18.4. The van der Waals surface area contributed by atoms with Gasteiger partial charge in [-0.1, -0.05) is 58.0 Å². The first-order chi connectivity index (χ1) is 26.4. The lowest BCUT2D eigenvalue weighted by Crippen LogP contribution is -2.54. The molecule has 1 unspecified atom stereocenters. The molecule has 3 rings (SSSR count). The van der Waals surface area contributed by atoms with Gasteiger partial charge in [-0.25, -0.2) is 9.59 Å². The Morgan fingerprint density at radius 3 is 1.82 bits per heavy atom. The first-order valence-electron chi connectivity index (χ1n) is 20.4. The molecule has 2 atom stereocenters. The second-order valence-corrected chi connectivity index (χ2v) is 17.2. The Hall–Kier alpha value is -4.36. The number of carbonyl (C=O) groups is 6. The minimum absolute atomic E-state index is 0.0293. The predicted molar refractivity (Wildman–Crippen MR) is 212 cm³/mol. The van der Waals surface area contributed by atoms with Crippen LogP contribution in [-0.4, -0.2) is 101 Å². The van der Waals surface area contributed by atoms with E-state index >= 15 is 0 Å². The number of benzene rings is 1. The summed E-state index contributed by atoms with van der Waals surface area (Å²) in [6, 6.07) is 7.77. The van der Waals surface area contributed by atoms with Gasteiger partial charge < -0.3 is 40.3 Å². The molecule has 1 aromatic carbocycles. The van der Waals surface area contributed by atoms with E-state index in [1.165, 1.54) is 4.90 Å². The van der Waals surface area contributed by atoms with E-state index in [-0.39, 0.29) is 55.4 Å². The Labute approximate surface area is 333 Å². The first kappa shape index (κ1) is 46.0. The maximum Gasteiger partial charge on any atom is 0.410 e. The molecule has 2 aliphatic rings. The van der Waals surface area contributed by atoms with E-state index in [1.807, 2.05) is 78.8 Å². The van der Waals surface area contributed by atoms with E-state index in [2.05, 4.69) is 16.0 Å². The van der Waals surface area contributed by atoms with Gasteiger partial charge in [-0.05, 0) is 101 Å². The number of piperidine rings is 2.